The first-order valence-corrected chi connectivity index (χ1v) is 8.47. The minimum Gasteiger partial charge on any atom is -0.493 e. The number of hydrogen-bond acceptors (Lipinski definition) is 4. The highest BCUT2D eigenvalue weighted by atomic mass is 16.5. The fraction of sp³-hybridized carbons (Fsp3) is 0.381. The highest BCUT2D eigenvalue weighted by Gasteiger charge is 2.14. The van der Waals surface area contributed by atoms with Crippen molar-refractivity contribution in [3.05, 3.63) is 58.1 Å². The second kappa shape index (κ2) is 8.56. The molecule has 0 fully saturated rings. The molecule has 2 aromatic carbocycles. The van der Waals surface area contributed by atoms with Crippen LogP contribution in [0.5, 0.6) is 11.5 Å². The van der Waals surface area contributed by atoms with Crippen molar-refractivity contribution in [2.45, 2.75) is 40.7 Å². The molecule has 0 aliphatic rings. The van der Waals surface area contributed by atoms with E-state index < -0.39 is 0 Å². The largest absolute Gasteiger partial charge is 0.493 e. The quantitative estimate of drug-likeness (QED) is 0.704. The summed E-state index contributed by atoms with van der Waals surface area (Å²) in [6, 6.07) is 9.86. The van der Waals surface area contributed by atoms with Crippen LogP contribution in [0.25, 0.3) is 0 Å². The summed E-state index contributed by atoms with van der Waals surface area (Å²) in [5.41, 5.74) is 5.26. The zero-order chi connectivity index (χ0) is 18.4. The van der Waals surface area contributed by atoms with E-state index in [1.165, 1.54) is 18.2 Å². The molecule has 0 amide bonds. The van der Waals surface area contributed by atoms with Crippen LogP contribution in [0.1, 0.15) is 34.7 Å². The van der Waals surface area contributed by atoms with Gasteiger partial charge in [-0.2, -0.15) is 0 Å². The number of rotatable bonds is 7. The summed E-state index contributed by atoms with van der Waals surface area (Å²) in [4.78, 5) is 11.7. The van der Waals surface area contributed by atoms with Crippen LogP contribution in [0.2, 0.25) is 0 Å². The molecular weight excluding hydrogens is 316 g/mol. The molecule has 0 aliphatic carbocycles. The van der Waals surface area contributed by atoms with Gasteiger partial charge in [-0.1, -0.05) is 18.2 Å². The minimum absolute atomic E-state index is 0.196. The lowest BCUT2D eigenvalue weighted by Gasteiger charge is -2.17. The molecule has 0 radical (unpaired) electrons. The molecule has 4 heteroatoms. The Hall–Kier alpha value is -2.49. The number of ether oxygens (including phenoxy) is 3. The molecule has 0 aliphatic heterocycles. The Bertz CT molecular complexity index is 750. The smallest absolute Gasteiger partial charge is 0.309 e. The Morgan fingerprint density at radius 2 is 1.68 bits per heavy atom. The Kier molecular flexibility index (Phi) is 6.45. The lowest BCUT2D eigenvalue weighted by molar-refractivity contribution is -0.139. The topological polar surface area (TPSA) is 44.8 Å². The third-order valence-electron chi connectivity index (χ3n) is 4.26. The zero-order valence-electron chi connectivity index (χ0n) is 15.6. The first-order valence-electron chi connectivity index (χ1n) is 8.47. The van der Waals surface area contributed by atoms with Gasteiger partial charge in [0.15, 0.2) is 0 Å². The van der Waals surface area contributed by atoms with Gasteiger partial charge in [0.2, 0.25) is 0 Å². The van der Waals surface area contributed by atoms with Crippen LogP contribution in [-0.4, -0.2) is 19.7 Å². The molecule has 0 saturated heterocycles. The van der Waals surface area contributed by atoms with Crippen LogP contribution in [0.4, 0.5) is 0 Å². The van der Waals surface area contributed by atoms with Crippen LogP contribution < -0.4 is 9.47 Å². The second-order valence-corrected chi connectivity index (χ2v) is 6.07. The Balaban J connectivity index is 2.30. The summed E-state index contributed by atoms with van der Waals surface area (Å²) in [5, 5.41) is 0. The van der Waals surface area contributed by atoms with Gasteiger partial charge in [-0.15, -0.1) is 0 Å². The van der Waals surface area contributed by atoms with Gasteiger partial charge in [0.1, 0.15) is 18.1 Å². The molecule has 0 spiro atoms. The molecule has 134 valence electrons. The average Bonchev–Trinajstić information content (AvgIpc) is 2.58. The third-order valence-corrected chi connectivity index (χ3v) is 4.26. The van der Waals surface area contributed by atoms with Gasteiger partial charge in [-0.25, -0.2) is 0 Å². The summed E-state index contributed by atoms with van der Waals surface area (Å²) in [5.74, 6) is 1.31. The molecule has 0 bridgehead atoms. The van der Waals surface area contributed by atoms with Gasteiger partial charge in [0.25, 0.3) is 0 Å². The molecule has 0 N–H and O–H groups in total. The lowest BCUT2D eigenvalue weighted by atomic mass is 10.0. The summed E-state index contributed by atoms with van der Waals surface area (Å²) < 4.78 is 16.6. The van der Waals surface area contributed by atoms with Gasteiger partial charge in [0.05, 0.1) is 20.1 Å². The fourth-order valence-corrected chi connectivity index (χ4v) is 2.70. The van der Waals surface area contributed by atoms with Crippen LogP contribution in [-0.2, 0) is 22.6 Å². The van der Waals surface area contributed by atoms with E-state index in [2.05, 4.69) is 19.9 Å². The molecular formula is C21H26O4. The van der Waals surface area contributed by atoms with E-state index in [4.69, 9.17) is 14.2 Å². The first kappa shape index (κ1) is 18.8. The maximum Gasteiger partial charge on any atom is 0.309 e. The summed E-state index contributed by atoms with van der Waals surface area (Å²) in [7, 11) is 1.39. The molecule has 0 saturated carbocycles. The number of hydrogen-bond donors (Lipinski definition) is 0. The van der Waals surface area contributed by atoms with Crippen molar-refractivity contribution < 1.29 is 19.0 Å². The second-order valence-electron chi connectivity index (χ2n) is 6.07. The predicted octanol–water partition coefficient (Wildman–Crippen LogP) is 4.31. The van der Waals surface area contributed by atoms with Crippen LogP contribution in [0.15, 0.2) is 30.3 Å². The van der Waals surface area contributed by atoms with E-state index in [1.54, 1.807) is 0 Å². The van der Waals surface area contributed by atoms with Gasteiger partial charge < -0.3 is 14.2 Å². The highest BCUT2D eigenvalue weighted by Crippen LogP contribution is 2.28. The molecule has 2 rings (SSSR count). The first-order chi connectivity index (χ1) is 12.0. The van der Waals surface area contributed by atoms with Crippen molar-refractivity contribution in [2.75, 3.05) is 13.7 Å². The van der Waals surface area contributed by atoms with E-state index in [0.29, 0.717) is 13.2 Å². The van der Waals surface area contributed by atoms with E-state index in [1.807, 2.05) is 38.1 Å². The SMILES string of the molecule is CCOc1cccc(CC(=O)OC)c1COc1cc(C)c(C)cc1C. The molecule has 25 heavy (non-hydrogen) atoms. The zero-order valence-corrected chi connectivity index (χ0v) is 15.6. The standard InChI is InChI=1S/C21H26O4/c1-6-24-19-9-7-8-17(12-21(22)23-5)18(19)13-25-20-11-15(3)14(2)10-16(20)4/h7-11H,6,12-13H2,1-5H3. The van der Waals surface area contributed by atoms with Crippen molar-refractivity contribution in [1.82, 2.24) is 0 Å². The van der Waals surface area contributed by atoms with Gasteiger partial charge in [-0.05, 0) is 62.1 Å². The van der Waals surface area contributed by atoms with Gasteiger partial charge in [0, 0.05) is 5.56 Å². The third kappa shape index (κ3) is 4.75. The van der Waals surface area contributed by atoms with Crippen molar-refractivity contribution in [2.24, 2.45) is 0 Å². The van der Waals surface area contributed by atoms with Crippen LogP contribution >= 0.6 is 0 Å². The normalized spacial score (nSPS) is 10.4. The van der Waals surface area contributed by atoms with Crippen molar-refractivity contribution in [3.63, 3.8) is 0 Å². The molecule has 2 aromatic rings. The van der Waals surface area contributed by atoms with E-state index in [0.717, 1.165) is 28.2 Å². The number of aryl methyl sites for hydroxylation is 3. The van der Waals surface area contributed by atoms with Crippen LogP contribution in [0.3, 0.4) is 0 Å². The van der Waals surface area contributed by atoms with E-state index in [-0.39, 0.29) is 12.4 Å². The maximum atomic E-state index is 11.7. The van der Waals surface area contributed by atoms with E-state index in [9.17, 15) is 4.79 Å². The number of carbonyl (C=O) groups excluding carboxylic acids is 1. The molecule has 4 nitrogen and oxygen atoms in total. The van der Waals surface area contributed by atoms with Crippen molar-refractivity contribution in [3.8, 4) is 11.5 Å². The number of esters is 1. The van der Waals surface area contributed by atoms with E-state index >= 15 is 0 Å². The van der Waals surface area contributed by atoms with Crippen molar-refractivity contribution in [1.29, 1.82) is 0 Å². The lowest BCUT2D eigenvalue weighted by Crippen LogP contribution is -2.10. The Morgan fingerprint density at radius 3 is 2.36 bits per heavy atom. The fourth-order valence-electron chi connectivity index (χ4n) is 2.70. The molecule has 0 heterocycles. The van der Waals surface area contributed by atoms with Crippen molar-refractivity contribution >= 4 is 5.97 Å². The maximum absolute atomic E-state index is 11.7. The molecule has 0 atom stereocenters. The number of benzene rings is 2. The average molecular weight is 342 g/mol. The summed E-state index contributed by atoms with van der Waals surface area (Å²) in [6.07, 6.45) is 0.196. The molecule has 0 unspecified atom stereocenters. The number of methoxy groups -OCH3 is 1. The Labute approximate surface area is 149 Å². The predicted molar refractivity (Wildman–Crippen MR) is 98.3 cm³/mol. The summed E-state index contributed by atoms with van der Waals surface area (Å²) >= 11 is 0. The Morgan fingerprint density at radius 1 is 0.960 bits per heavy atom. The number of carbonyl (C=O) groups is 1. The van der Waals surface area contributed by atoms with Gasteiger partial charge >= 0.3 is 5.97 Å². The van der Waals surface area contributed by atoms with Crippen LogP contribution in [0, 0.1) is 20.8 Å². The summed E-state index contributed by atoms with van der Waals surface area (Å²) in [6.45, 7) is 9.02. The minimum atomic E-state index is -0.280. The highest BCUT2D eigenvalue weighted by molar-refractivity contribution is 5.73. The van der Waals surface area contributed by atoms with Gasteiger partial charge in [-0.3, -0.25) is 4.79 Å². The molecule has 0 aromatic heterocycles. The monoisotopic (exact) mass is 342 g/mol.